The van der Waals surface area contributed by atoms with E-state index in [-0.39, 0.29) is 5.78 Å². The lowest BCUT2D eigenvalue weighted by atomic mass is 10.0. The first kappa shape index (κ1) is 13.6. The molecule has 2 rings (SSSR count). The molecule has 2 N–H and O–H groups in total. The van der Waals surface area contributed by atoms with Gasteiger partial charge in [-0.2, -0.15) is 0 Å². The molecule has 0 aliphatic heterocycles. The smallest absolute Gasteiger partial charge is 0.169 e. The van der Waals surface area contributed by atoms with Crippen LogP contribution in [0.2, 0.25) is 0 Å². The minimum absolute atomic E-state index is 0.00736. The maximum absolute atomic E-state index is 12.2. The second-order valence-electron chi connectivity index (χ2n) is 4.14. The van der Waals surface area contributed by atoms with Gasteiger partial charge in [-0.3, -0.25) is 4.79 Å². The molecule has 4 heteroatoms. The Balaban J connectivity index is 2.23. The van der Waals surface area contributed by atoms with Crippen LogP contribution in [0, 0.1) is 0 Å². The van der Waals surface area contributed by atoms with Gasteiger partial charge in [0.15, 0.2) is 5.78 Å². The Bertz CT molecular complexity index is 611. The highest BCUT2D eigenvalue weighted by atomic mass is 79.9. The maximum atomic E-state index is 12.2. The topological polar surface area (TPSA) is 52.3 Å². The molecule has 0 unspecified atom stereocenters. The van der Waals surface area contributed by atoms with Gasteiger partial charge in [-0.05, 0) is 23.8 Å². The van der Waals surface area contributed by atoms with Crippen molar-refractivity contribution in [1.29, 1.82) is 0 Å². The first-order valence-electron chi connectivity index (χ1n) is 5.82. The fourth-order valence-electron chi connectivity index (χ4n) is 1.83. The quantitative estimate of drug-likeness (QED) is 0.693. The molecule has 0 fully saturated rings. The summed E-state index contributed by atoms with van der Waals surface area (Å²) in [5.74, 6) is 0.641. The van der Waals surface area contributed by atoms with E-state index in [1.807, 2.05) is 24.3 Å². The largest absolute Gasteiger partial charge is 0.497 e. The van der Waals surface area contributed by atoms with E-state index in [2.05, 4.69) is 15.9 Å². The van der Waals surface area contributed by atoms with Crippen LogP contribution in [0.5, 0.6) is 5.75 Å². The van der Waals surface area contributed by atoms with Gasteiger partial charge in [0.2, 0.25) is 0 Å². The van der Waals surface area contributed by atoms with Crippen molar-refractivity contribution >= 4 is 27.4 Å². The average molecular weight is 320 g/mol. The summed E-state index contributed by atoms with van der Waals surface area (Å²) in [6.07, 6.45) is 0.317. The summed E-state index contributed by atoms with van der Waals surface area (Å²) in [4.78, 5) is 12.2. The number of methoxy groups -OCH3 is 1. The molecule has 0 heterocycles. The highest BCUT2D eigenvalue weighted by Crippen LogP contribution is 2.23. The fourth-order valence-corrected chi connectivity index (χ4v) is 2.26. The van der Waals surface area contributed by atoms with Gasteiger partial charge in [0.25, 0.3) is 0 Å². The van der Waals surface area contributed by atoms with E-state index in [1.54, 1.807) is 25.3 Å². The molecule has 98 valence electrons. The van der Waals surface area contributed by atoms with Crippen LogP contribution >= 0.6 is 15.9 Å². The Morgan fingerprint density at radius 3 is 2.63 bits per heavy atom. The van der Waals surface area contributed by atoms with Crippen LogP contribution in [0.3, 0.4) is 0 Å². The third-order valence-corrected chi connectivity index (χ3v) is 3.64. The third-order valence-electron chi connectivity index (χ3n) is 2.87. The van der Waals surface area contributed by atoms with Crippen LogP contribution in [-0.4, -0.2) is 12.9 Å². The predicted octanol–water partition coefficient (Wildman–Crippen LogP) is 3.47. The van der Waals surface area contributed by atoms with Crippen molar-refractivity contribution in [3.63, 3.8) is 0 Å². The Kier molecular flexibility index (Phi) is 4.22. The standard InChI is InChI=1S/C15H14BrNO2/c1-19-11-6-7-12(14(17)9-11)15(18)8-10-4-2-3-5-13(10)16/h2-7,9H,8,17H2,1H3. The molecule has 0 spiro atoms. The van der Waals surface area contributed by atoms with E-state index < -0.39 is 0 Å². The number of nitrogen functional groups attached to an aromatic ring is 1. The number of carbonyl (C=O) groups is 1. The van der Waals surface area contributed by atoms with Crippen LogP contribution in [-0.2, 0) is 6.42 Å². The summed E-state index contributed by atoms with van der Waals surface area (Å²) < 4.78 is 5.99. The zero-order chi connectivity index (χ0) is 13.8. The van der Waals surface area contributed by atoms with Crippen LogP contribution in [0.25, 0.3) is 0 Å². The molecule has 19 heavy (non-hydrogen) atoms. The van der Waals surface area contributed by atoms with E-state index in [0.717, 1.165) is 10.0 Å². The number of hydrogen-bond acceptors (Lipinski definition) is 3. The SMILES string of the molecule is COc1ccc(C(=O)Cc2ccccc2Br)c(N)c1. The van der Waals surface area contributed by atoms with Crippen molar-refractivity contribution in [3.05, 3.63) is 58.1 Å². The fraction of sp³-hybridized carbons (Fsp3) is 0.133. The second kappa shape index (κ2) is 5.89. The lowest BCUT2D eigenvalue weighted by Gasteiger charge is -2.08. The molecule has 0 aliphatic carbocycles. The molecule has 0 radical (unpaired) electrons. The maximum Gasteiger partial charge on any atom is 0.169 e. The molecule has 0 saturated carbocycles. The molecule has 3 nitrogen and oxygen atoms in total. The van der Waals surface area contributed by atoms with Crippen LogP contribution < -0.4 is 10.5 Å². The minimum atomic E-state index is -0.00736. The number of halogens is 1. The average Bonchev–Trinajstić information content (AvgIpc) is 2.41. The number of ketones is 1. The van der Waals surface area contributed by atoms with Gasteiger partial charge >= 0.3 is 0 Å². The van der Waals surface area contributed by atoms with Crippen molar-refractivity contribution in [2.24, 2.45) is 0 Å². The van der Waals surface area contributed by atoms with Gasteiger partial charge in [0.05, 0.1) is 7.11 Å². The van der Waals surface area contributed by atoms with Crippen molar-refractivity contribution in [2.75, 3.05) is 12.8 Å². The predicted molar refractivity (Wildman–Crippen MR) is 79.6 cm³/mol. The number of hydrogen-bond donors (Lipinski definition) is 1. The molecular formula is C15H14BrNO2. The lowest BCUT2D eigenvalue weighted by molar-refractivity contribution is 0.0993. The molecule has 0 amide bonds. The number of carbonyl (C=O) groups excluding carboxylic acids is 1. The molecule has 2 aromatic rings. The van der Waals surface area contributed by atoms with Gasteiger partial charge in [-0.25, -0.2) is 0 Å². The Labute approximate surface area is 120 Å². The lowest BCUT2D eigenvalue weighted by Crippen LogP contribution is -2.07. The second-order valence-corrected chi connectivity index (χ2v) is 5.00. The van der Waals surface area contributed by atoms with E-state index in [1.165, 1.54) is 0 Å². The van der Waals surface area contributed by atoms with Crippen molar-refractivity contribution in [1.82, 2.24) is 0 Å². The monoisotopic (exact) mass is 319 g/mol. The molecular weight excluding hydrogens is 306 g/mol. The van der Waals surface area contributed by atoms with Crippen molar-refractivity contribution < 1.29 is 9.53 Å². The highest BCUT2D eigenvalue weighted by Gasteiger charge is 2.12. The summed E-state index contributed by atoms with van der Waals surface area (Å²) in [6, 6.07) is 12.8. The van der Waals surface area contributed by atoms with Gasteiger partial charge in [0, 0.05) is 28.2 Å². The zero-order valence-electron chi connectivity index (χ0n) is 10.5. The summed E-state index contributed by atoms with van der Waals surface area (Å²) in [7, 11) is 1.57. The zero-order valence-corrected chi connectivity index (χ0v) is 12.1. The molecule has 0 bridgehead atoms. The summed E-state index contributed by atoms with van der Waals surface area (Å²) in [5, 5.41) is 0. The minimum Gasteiger partial charge on any atom is -0.497 e. The number of benzene rings is 2. The molecule has 0 saturated heterocycles. The number of ether oxygens (including phenoxy) is 1. The van der Waals surface area contributed by atoms with Crippen molar-refractivity contribution in [2.45, 2.75) is 6.42 Å². The molecule has 0 aromatic heterocycles. The molecule has 0 atom stereocenters. The van der Waals surface area contributed by atoms with E-state index in [9.17, 15) is 4.79 Å². The number of rotatable bonds is 4. The number of Topliss-reactive ketones (excluding diaryl/α,β-unsaturated/α-hetero) is 1. The number of anilines is 1. The molecule has 0 aliphatic rings. The van der Waals surface area contributed by atoms with E-state index in [4.69, 9.17) is 10.5 Å². The summed E-state index contributed by atoms with van der Waals surface area (Å²) >= 11 is 3.44. The first-order valence-corrected chi connectivity index (χ1v) is 6.61. The first-order chi connectivity index (χ1) is 9.11. The van der Waals surface area contributed by atoms with Gasteiger partial charge in [0.1, 0.15) is 5.75 Å². The summed E-state index contributed by atoms with van der Waals surface area (Å²) in [5.41, 5.74) is 7.79. The van der Waals surface area contributed by atoms with Crippen molar-refractivity contribution in [3.8, 4) is 5.75 Å². The Morgan fingerprint density at radius 1 is 1.26 bits per heavy atom. The molecule has 2 aromatic carbocycles. The third kappa shape index (κ3) is 3.15. The summed E-state index contributed by atoms with van der Waals surface area (Å²) in [6.45, 7) is 0. The Morgan fingerprint density at radius 2 is 2.00 bits per heavy atom. The van der Waals surface area contributed by atoms with Gasteiger partial charge < -0.3 is 10.5 Å². The van der Waals surface area contributed by atoms with Gasteiger partial charge in [-0.1, -0.05) is 34.1 Å². The van der Waals surface area contributed by atoms with Crippen LogP contribution in [0.15, 0.2) is 46.9 Å². The Hall–Kier alpha value is -1.81. The van der Waals surface area contributed by atoms with Crippen LogP contribution in [0.1, 0.15) is 15.9 Å². The van der Waals surface area contributed by atoms with E-state index in [0.29, 0.717) is 23.4 Å². The highest BCUT2D eigenvalue weighted by molar-refractivity contribution is 9.10. The normalized spacial score (nSPS) is 10.2. The van der Waals surface area contributed by atoms with E-state index >= 15 is 0 Å². The van der Waals surface area contributed by atoms with Gasteiger partial charge in [-0.15, -0.1) is 0 Å². The number of nitrogens with two attached hydrogens (primary N) is 1. The van der Waals surface area contributed by atoms with Crippen LogP contribution in [0.4, 0.5) is 5.69 Å².